The zero-order valence-electron chi connectivity index (χ0n) is 8.67. The predicted octanol–water partition coefficient (Wildman–Crippen LogP) is 2.20. The van der Waals surface area contributed by atoms with Crippen LogP contribution in [0.1, 0.15) is 24.1 Å². The molecule has 1 aromatic heterocycles. The molecule has 0 saturated carbocycles. The first-order chi connectivity index (χ1) is 7.33. The van der Waals surface area contributed by atoms with Gasteiger partial charge in [-0.2, -0.15) is 0 Å². The van der Waals surface area contributed by atoms with E-state index in [0.717, 1.165) is 12.3 Å². The van der Waals surface area contributed by atoms with Gasteiger partial charge in [0, 0.05) is 11.7 Å². The van der Waals surface area contributed by atoms with E-state index in [-0.39, 0.29) is 0 Å². The second-order valence-electron chi connectivity index (χ2n) is 4.61. The van der Waals surface area contributed by atoms with Gasteiger partial charge in [-0.3, -0.25) is 0 Å². The van der Waals surface area contributed by atoms with Gasteiger partial charge in [0.25, 0.3) is 0 Å². The maximum atomic E-state index is 5.90. The third-order valence-corrected chi connectivity index (χ3v) is 3.85. The van der Waals surface area contributed by atoms with Crippen LogP contribution in [0.2, 0.25) is 5.15 Å². The first kappa shape index (κ1) is 9.61. The van der Waals surface area contributed by atoms with Crippen LogP contribution < -0.4 is 5.32 Å². The summed E-state index contributed by atoms with van der Waals surface area (Å²) in [5.74, 6) is 0.744. The molecule has 1 aliphatic carbocycles. The van der Waals surface area contributed by atoms with Crippen molar-refractivity contribution in [3.63, 3.8) is 0 Å². The molecule has 1 fully saturated rings. The first-order valence-corrected chi connectivity index (χ1v) is 6.08. The number of hydrogen-bond donors (Lipinski definition) is 1. The van der Waals surface area contributed by atoms with Crippen LogP contribution in [0.25, 0.3) is 0 Å². The van der Waals surface area contributed by atoms with Crippen LogP contribution in [-0.4, -0.2) is 17.6 Å². The number of hydrogen-bond acceptors (Lipinski definition) is 2. The SMILES string of the molecule is Clc1ccc2c(n1)CC(C1CCCN1)C2. The molecule has 1 saturated heterocycles. The Labute approximate surface area is 95.0 Å². The summed E-state index contributed by atoms with van der Waals surface area (Å²) in [6.07, 6.45) is 4.93. The summed E-state index contributed by atoms with van der Waals surface area (Å²) in [5, 5.41) is 4.22. The zero-order chi connectivity index (χ0) is 10.3. The van der Waals surface area contributed by atoms with E-state index in [1.54, 1.807) is 0 Å². The minimum absolute atomic E-state index is 0.633. The number of pyridine rings is 1. The van der Waals surface area contributed by atoms with Crippen molar-refractivity contribution in [1.29, 1.82) is 0 Å². The molecule has 1 aromatic rings. The van der Waals surface area contributed by atoms with Crippen molar-refractivity contribution >= 4 is 11.6 Å². The van der Waals surface area contributed by atoms with Crippen LogP contribution in [0.5, 0.6) is 0 Å². The normalized spacial score (nSPS) is 29.4. The van der Waals surface area contributed by atoms with Crippen LogP contribution in [0.3, 0.4) is 0 Å². The molecule has 2 atom stereocenters. The van der Waals surface area contributed by atoms with Crippen LogP contribution in [-0.2, 0) is 12.8 Å². The molecule has 80 valence electrons. The molecule has 0 aromatic carbocycles. The number of aromatic nitrogens is 1. The molecule has 15 heavy (non-hydrogen) atoms. The van der Waals surface area contributed by atoms with Gasteiger partial charge in [0.1, 0.15) is 5.15 Å². The highest BCUT2D eigenvalue weighted by atomic mass is 35.5. The Morgan fingerprint density at radius 2 is 2.27 bits per heavy atom. The van der Waals surface area contributed by atoms with Crippen molar-refractivity contribution in [2.75, 3.05) is 6.54 Å². The van der Waals surface area contributed by atoms with E-state index in [4.69, 9.17) is 11.6 Å². The topological polar surface area (TPSA) is 24.9 Å². The largest absolute Gasteiger partial charge is 0.314 e. The fourth-order valence-corrected chi connectivity index (χ4v) is 3.03. The van der Waals surface area contributed by atoms with Gasteiger partial charge in [0.2, 0.25) is 0 Å². The summed E-state index contributed by atoms with van der Waals surface area (Å²) in [6.45, 7) is 1.19. The Morgan fingerprint density at radius 3 is 3.07 bits per heavy atom. The van der Waals surface area contributed by atoms with Crippen LogP contribution in [0.4, 0.5) is 0 Å². The van der Waals surface area contributed by atoms with Crippen molar-refractivity contribution in [3.8, 4) is 0 Å². The van der Waals surface area contributed by atoms with Gasteiger partial charge in [-0.15, -0.1) is 0 Å². The molecule has 0 radical (unpaired) electrons. The van der Waals surface area contributed by atoms with Crippen LogP contribution in [0, 0.1) is 5.92 Å². The van der Waals surface area contributed by atoms with Crippen LogP contribution >= 0.6 is 11.6 Å². The lowest BCUT2D eigenvalue weighted by molar-refractivity contribution is 0.404. The Hall–Kier alpha value is -0.600. The van der Waals surface area contributed by atoms with Gasteiger partial charge in [-0.25, -0.2) is 4.98 Å². The molecule has 3 heteroatoms. The Bertz CT molecular complexity index is 372. The fourth-order valence-electron chi connectivity index (χ4n) is 2.87. The molecule has 1 aliphatic heterocycles. The Balaban J connectivity index is 1.79. The quantitative estimate of drug-likeness (QED) is 0.737. The van der Waals surface area contributed by atoms with Crippen molar-refractivity contribution in [1.82, 2.24) is 10.3 Å². The highest BCUT2D eigenvalue weighted by Crippen LogP contribution is 2.31. The molecule has 1 N–H and O–H groups in total. The summed E-state index contributed by atoms with van der Waals surface area (Å²) in [5.41, 5.74) is 2.62. The molecule has 3 rings (SSSR count). The number of nitrogens with zero attached hydrogens (tertiary/aromatic N) is 1. The van der Waals surface area contributed by atoms with Gasteiger partial charge in [0.05, 0.1) is 0 Å². The van der Waals surface area contributed by atoms with E-state index in [1.165, 1.54) is 37.1 Å². The van der Waals surface area contributed by atoms with Gasteiger partial charge in [-0.05, 0) is 49.8 Å². The molecule has 0 amide bonds. The zero-order valence-corrected chi connectivity index (χ0v) is 9.43. The van der Waals surface area contributed by atoms with E-state index in [9.17, 15) is 0 Å². The number of fused-ring (bicyclic) bond motifs is 1. The van der Waals surface area contributed by atoms with Gasteiger partial charge >= 0.3 is 0 Å². The van der Waals surface area contributed by atoms with E-state index < -0.39 is 0 Å². The average molecular weight is 223 g/mol. The second-order valence-corrected chi connectivity index (χ2v) is 5.00. The molecule has 2 unspecified atom stereocenters. The highest BCUT2D eigenvalue weighted by Gasteiger charge is 2.31. The molecule has 2 nitrogen and oxygen atoms in total. The van der Waals surface area contributed by atoms with Crippen molar-refractivity contribution in [2.45, 2.75) is 31.7 Å². The van der Waals surface area contributed by atoms with E-state index >= 15 is 0 Å². The molecule has 2 heterocycles. The summed E-state index contributed by atoms with van der Waals surface area (Å²) < 4.78 is 0. The molecular weight excluding hydrogens is 208 g/mol. The monoisotopic (exact) mass is 222 g/mol. The Kier molecular flexibility index (Phi) is 2.41. The Morgan fingerprint density at radius 1 is 1.33 bits per heavy atom. The molecular formula is C12H15ClN2. The number of nitrogens with one attached hydrogen (secondary N) is 1. The van der Waals surface area contributed by atoms with E-state index in [1.807, 2.05) is 6.07 Å². The fraction of sp³-hybridized carbons (Fsp3) is 0.583. The summed E-state index contributed by atoms with van der Waals surface area (Å²) in [7, 11) is 0. The minimum atomic E-state index is 0.633. The third-order valence-electron chi connectivity index (χ3n) is 3.64. The number of halogens is 1. The van der Waals surface area contributed by atoms with Gasteiger partial charge in [-0.1, -0.05) is 17.7 Å². The first-order valence-electron chi connectivity index (χ1n) is 5.70. The second kappa shape index (κ2) is 3.76. The van der Waals surface area contributed by atoms with Crippen molar-refractivity contribution in [3.05, 3.63) is 28.5 Å². The molecule has 0 spiro atoms. The maximum Gasteiger partial charge on any atom is 0.129 e. The summed E-state index contributed by atoms with van der Waals surface area (Å²) >= 11 is 5.90. The summed E-state index contributed by atoms with van der Waals surface area (Å²) in [4.78, 5) is 4.41. The van der Waals surface area contributed by atoms with E-state index in [2.05, 4.69) is 16.4 Å². The molecule has 0 bridgehead atoms. The lowest BCUT2D eigenvalue weighted by atomic mass is 9.96. The standard InChI is InChI=1S/C12H15ClN2/c13-12-4-3-8-6-9(7-11(8)15-12)10-2-1-5-14-10/h3-4,9-10,14H,1-2,5-7H2. The lowest BCUT2D eigenvalue weighted by Gasteiger charge is -2.17. The van der Waals surface area contributed by atoms with Crippen LogP contribution in [0.15, 0.2) is 12.1 Å². The van der Waals surface area contributed by atoms with Gasteiger partial charge < -0.3 is 5.32 Å². The van der Waals surface area contributed by atoms with Gasteiger partial charge in [0.15, 0.2) is 0 Å². The maximum absolute atomic E-state index is 5.90. The molecule has 2 aliphatic rings. The smallest absolute Gasteiger partial charge is 0.129 e. The highest BCUT2D eigenvalue weighted by molar-refractivity contribution is 6.29. The minimum Gasteiger partial charge on any atom is -0.314 e. The predicted molar refractivity (Wildman–Crippen MR) is 61.2 cm³/mol. The third kappa shape index (κ3) is 1.77. The summed E-state index contributed by atoms with van der Waals surface area (Å²) in [6, 6.07) is 4.75. The lowest BCUT2D eigenvalue weighted by Crippen LogP contribution is -2.30. The number of rotatable bonds is 1. The van der Waals surface area contributed by atoms with Crippen molar-refractivity contribution < 1.29 is 0 Å². The van der Waals surface area contributed by atoms with Crippen molar-refractivity contribution in [2.24, 2.45) is 5.92 Å². The average Bonchev–Trinajstić information content (AvgIpc) is 2.84. The van der Waals surface area contributed by atoms with E-state index in [0.29, 0.717) is 11.2 Å².